The van der Waals surface area contributed by atoms with E-state index in [4.69, 9.17) is 6.42 Å². The fourth-order valence-corrected chi connectivity index (χ4v) is 5.18. The van der Waals surface area contributed by atoms with Crippen molar-refractivity contribution in [1.29, 1.82) is 0 Å². The molecule has 1 amide bonds. The van der Waals surface area contributed by atoms with Gasteiger partial charge in [-0.25, -0.2) is 9.97 Å². The molecule has 164 valence electrons. The van der Waals surface area contributed by atoms with E-state index in [1.807, 2.05) is 37.4 Å². The van der Waals surface area contributed by atoms with Gasteiger partial charge in [-0.2, -0.15) is 0 Å². The van der Waals surface area contributed by atoms with Gasteiger partial charge in [0.2, 0.25) is 5.91 Å². The lowest BCUT2D eigenvalue weighted by Gasteiger charge is -2.39. The number of H-pyrrole nitrogens is 1. The third kappa shape index (κ3) is 3.51. The Morgan fingerprint density at radius 3 is 2.97 bits per heavy atom. The molecule has 0 radical (unpaired) electrons. The van der Waals surface area contributed by atoms with Crippen LogP contribution in [0.15, 0.2) is 36.8 Å². The first-order valence-electron chi connectivity index (χ1n) is 11.1. The number of aromatic nitrogens is 3. The molecule has 3 heterocycles. The lowest BCUT2D eigenvalue weighted by molar-refractivity contribution is -0.129. The molecule has 7 heteroatoms. The number of rotatable bonds is 5. The molecular weight excluding hydrogens is 402 g/mol. The normalized spacial score (nSPS) is 20.2. The average molecular weight is 430 g/mol. The van der Waals surface area contributed by atoms with Gasteiger partial charge in [0.25, 0.3) is 0 Å². The van der Waals surface area contributed by atoms with Crippen molar-refractivity contribution < 1.29 is 9.90 Å². The number of piperidine rings is 1. The Kier molecular flexibility index (Phi) is 5.10. The first kappa shape index (κ1) is 20.5. The highest BCUT2D eigenvalue weighted by Crippen LogP contribution is 2.56. The predicted molar refractivity (Wildman–Crippen MR) is 123 cm³/mol. The second-order valence-electron chi connectivity index (χ2n) is 9.02. The van der Waals surface area contributed by atoms with E-state index in [2.05, 4.69) is 31.1 Å². The zero-order chi connectivity index (χ0) is 22.3. The molecule has 1 saturated heterocycles. The van der Waals surface area contributed by atoms with Gasteiger partial charge in [0, 0.05) is 30.8 Å². The maximum absolute atomic E-state index is 13.3. The molecule has 1 aliphatic heterocycles. The molecular formula is C25H27N5O2. The highest BCUT2D eigenvalue weighted by molar-refractivity contribution is 5.88. The van der Waals surface area contributed by atoms with Crippen LogP contribution in [-0.2, 0) is 4.79 Å². The number of anilines is 1. The lowest BCUT2D eigenvalue weighted by atomic mass is 9.81. The molecule has 1 aliphatic carbocycles. The molecule has 2 atom stereocenters. The number of aliphatic hydroxyl groups is 1. The Balaban J connectivity index is 1.32. The van der Waals surface area contributed by atoms with E-state index in [1.165, 1.54) is 0 Å². The van der Waals surface area contributed by atoms with Gasteiger partial charge in [0.15, 0.2) is 0 Å². The molecule has 5 rings (SSSR count). The first-order valence-corrected chi connectivity index (χ1v) is 11.1. The van der Waals surface area contributed by atoms with Crippen molar-refractivity contribution in [1.82, 2.24) is 20.3 Å². The average Bonchev–Trinajstić information content (AvgIpc) is 3.38. The van der Waals surface area contributed by atoms with Gasteiger partial charge in [-0.1, -0.05) is 12.0 Å². The second-order valence-corrected chi connectivity index (χ2v) is 9.02. The first-order chi connectivity index (χ1) is 15.5. The number of carbonyl (C=O) groups is 1. The van der Waals surface area contributed by atoms with Crippen LogP contribution >= 0.6 is 0 Å². The number of aromatic amines is 1. The SMILES string of the molecule is C#Cc1ccc(C(CO)NC(=O)[C@H]2CCN(c3ncnc4[nH]ccc34)CC23CC3)c(C)c1. The third-order valence-electron chi connectivity index (χ3n) is 7.08. The molecule has 1 aromatic carbocycles. The van der Waals surface area contributed by atoms with Crippen molar-refractivity contribution in [3.63, 3.8) is 0 Å². The Labute approximate surface area is 187 Å². The molecule has 2 aromatic heterocycles. The molecule has 3 aromatic rings. The number of hydrogen-bond acceptors (Lipinski definition) is 5. The summed E-state index contributed by atoms with van der Waals surface area (Å²) >= 11 is 0. The number of amides is 1. The number of terminal acetylenes is 1. The standard InChI is InChI=1S/C25H27N5O2/c1-3-17-4-5-18(16(2)12-17)21(13-31)29-24(32)20-7-11-30(14-25(20)8-9-25)23-19-6-10-26-22(19)27-15-28-23/h1,4-6,10,12,15,20-21,31H,7-9,11,13-14H2,2H3,(H,29,32)(H,26,27,28)/t20-,21?/m1/s1. The summed E-state index contributed by atoms with van der Waals surface area (Å²) in [5.74, 6) is 3.51. The van der Waals surface area contributed by atoms with Crippen LogP contribution in [0, 0.1) is 30.6 Å². The van der Waals surface area contributed by atoms with Gasteiger partial charge in [0.1, 0.15) is 17.8 Å². The van der Waals surface area contributed by atoms with Crippen LogP contribution < -0.4 is 10.2 Å². The van der Waals surface area contributed by atoms with Gasteiger partial charge in [-0.15, -0.1) is 6.42 Å². The van der Waals surface area contributed by atoms with E-state index in [9.17, 15) is 9.90 Å². The van der Waals surface area contributed by atoms with E-state index in [0.717, 1.165) is 65.9 Å². The zero-order valence-electron chi connectivity index (χ0n) is 18.1. The van der Waals surface area contributed by atoms with Crippen LogP contribution in [0.5, 0.6) is 0 Å². The number of fused-ring (bicyclic) bond motifs is 1. The molecule has 0 bridgehead atoms. The maximum atomic E-state index is 13.3. The van der Waals surface area contributed by atoms with Crippen LogP contribution in [-0.4, -0.2) is 45.7 Å². The summed E-state index contributed by atoms with van der Waals surface area (Å²) < 4.78 is 0. The fourth-order valence-electron chi connectivity index (χ4n) is 5.18. The summed E-state index contributed by atoms with van der Waals surface area (Å²) in [7, 11) is 0. The van der Waals surface area contributed by atoms with Crippen molar-refractivity contribution in [3.05, 3.63) is 53.5 Å². The van der Waals surface area contributed by atoms with E-state index >= 15 is 0 Å². The van der Waals surface area contributed by atoms with Crippen molar-refractivity contribution in [2.24, 2.45) is 11.3 Å². The summed E-state index contributed by atoms with van der Waals surface area (Å²) in [5, 5.41) is 14.1. The van der Waals surface area contributed by atoms with Gasteiger partial charge in [-0.05, 0) is 60.9 Å². The molecule has 2 aliphatic rings. The van der Waals surface area contributed by atoms with Crippen LogP contribution in [0.3, 0.4) is 0 Å². The molecule has 1 unspecified atom stereocenters. The molecule has 1 spiro atoms. The maximum Gasteiger partial charge on any atom is 0.224 e. The molecule has 1 saturated carbocycles. The molecule has 32 heavy (non-hydrogen) atoms. The Bertz CT molecular complexity index is 1210. The summed E-state index contributed by atoms with van der Waals surface area (Å²) in [6, 6.07) is 7.22. The van der Waals surface area contributed by atoms with E-state index in [1.54, 1.807) is 6.33 Å². The summed E-state index contributed by atoms with van der Waals surface area (Å²) in [5.41, 5.74) is 3.46. The third-order valence-corrected chi connectivity index (χ3v) is 7.08. The Hall–Kier alpha value is -3.37. The monoisotopic (exact) mass is 429 g/mol. The van der Waals surface area contributed by atoms with E-state index in [0.29, 0.717) is 0 Å². The summed E-state index contributed by atoms with van der Waals surface area (Å²) in [6.07, 6.45) is 11.8. The highest BCUT2D eigenvalue weighted by Gasteiger charge is 2.55. The minimum absolute atomic E-state index is 0.0242. The molecule has 3 N–H and O–H groups in total. The zero-order valence-corrected chi connectivity index (χ0v) is 18.1. The topological polar surface area (TPSA) is 94.1 Å². The van der Waals surface area contributed by atoms with Crippen LogP contribution in [0.1, 0.15) is 42.0 Å². The number of aryl methyl sites for hydroxylation is 1. The van der Waals surface area contributed by atoms with Crippen molar-refractivity contribution in [2.45, 2.75) is 32.2 Å². The fraction of sp³-hybridized carbons (Fsp3) is 0.400. The van der Waals surface area contributed by atoms with Gasteiger partial charge < -0.3 is 20.3 Å². The van der Waals surface area contributed by atoms with Gasteiger partial charge >= 0.3 is 0 Å². The number of hydrogen-bond donors (Lipinski definition) is 3. The summed E-state index contributed by atoms with van der Waals surface area (Å²) in [4.78, 5) is 27.6. The number of nitrogens with one attached hydrogen (secondary N) is 2. The Morgan fingerprint density at radius 1 is 1.41 bits per heavy atom. The minimum atomic E-state index is -0.440. The Morgan fingerprint density at radius 2 is 2.25 bits per heavy atom. The lowest BCUT2D eigenvalue weighted by Crippen LogP contribution is -2.49. The van der Waals surface area contributed by atoms with Crippen LogP contribution in [0.25, 0.3) is 11.0 Å². The van der Waals surface area contributed by atoms with E-state index < -0.39 is 6.04 Å². The number of carbonyl (C=O) groups excluding carboxylic acids is 1. The highest BCUT2D eigenvalue weighted by atomic mass is 16.3. The summed E-state index contributed by atoms with van der Waals surface area (Å²) in [6.45, 7) is 3.37. The predicted octanol–water partition coefficient (Wildman–Crippen LogP) is 2.70. The quantitative estimate of drug-likeness (QED) is 0.542. The van der Waals surface area contributed by atoms with Crippen LogP contribution in [0.2, 0.25) is 0 Å². The van der Waals surface area contributed by atoms with Crippen molar-refractivity contribution in [2.75, 3.05) is 24.6 Å². The number of benzene rings is 1. The van der Waals surface area contributed by atoms with Gasteiger partial charge in [0.05, 0.1) is 18.0 Å². The molecule has 7 nitrogen and oxygen atoms in total. The largest absolute Gasteiger partial charge is 0.394 e. The van der Waals surface area contributed by atoms with Gasteiger partial charge in [-0.3, -0.25) is 4.79 Å². The number of aliphatic hydroxyl groups excluding tert-OH is 1. The second kappa shape index (κ2) is 7.95. The number of nitrogens with zero attached hydrogens (tertiary/aromatic N) is 3. The smallest absolute Gasteiger partial charge is 0.224 e. The van der Waals surface area contributed by atoms with Crippen LogP contribution in [0.4, 0.5) is 5.82 Å². The van der Waals surface area contributed by atoms with E-state index in [-0.39, 0.29) is 23.8 Å². The van der Waals surface area contributed by atoms with Crippen molar-refractivity contribution in [3.8, 4) is 12.3 Å². The minimum Gasteiger partial charge on any atom is -0.394 e. The molecule has 2 fully saturated rings. The van der Waals surface area contributed by atoms with Crippen molar-refractivity contribution >= 4 is 22.8 Å².